The minimum Gasteiger partial charge on any atom is -0.383 e. The molecule has 0 bridgehead atoms. The first-order valence-corrected chi connectivity index (χ1v) is 7.89. The largest absolute Gasteiger partial charge is 0.383 e. The maximum Gasteiger partial charge on any atom is 0.243 e. The number of ether oxygens (including phenoxy) is 2. The van der Waals surface area contributed by atoms with Gasteiger partial charge >= 0.3 is 0 Å². The fourth-order valence-corrected chi connectivity index (χ4v) is 3.00. The van der Waals surface area contributed by atoms with Gasteiger partial charge in [-0.1, -0.05) is 27.7 Å². The van der Waals surface area contributed by atoms with Gasteiger partial charge in [-0.3, -0.25) is 4.79 Å². The molecule has 1 fully saturated rings. The second kappa shape index (κ2) is 7.07. The molecule has 1 aliphatic carbocycles. The van der Waals surface area contributed by atoms with Crippen LogP contribution >= 0.6 is 0 Å². The van der Waals surface area contributed by atoms with E-state index in [1.807, 2.05) is 25.7 Å². The van der Waals surface area contributed by atoms with Crippen LogP contribution in [-0.4, -0.2) is 55.9 Å². The maximum absolute atomic E-state index is 12.9. The Bertz CT molecular complexity index is 357. The number of nitrogens with two attached hydrogens (primary N) is 1. The molecule has 0 saturated heterocycles. The SMILES string of the molecule is CCOC1CC(N)(C(=O)N(CCOC)CC(C)C)C1(C)C. The Morgan fingerprint density at radius 1 is 1.43 bits per heavy atom. The molecule has 124 valence electrons. The normalized spacial score (nSPS) is 27.5. The number of carbonyl (C=O) groups excluding carboxylic acids is 1. The van der Waals surface area contributed by atoms with E-state index in [1.54, 1.807) is 7.11 Å². The molecular formula is C16H32N2O3. The van der Waals surface area contributed by atoms with Crippen LogP contribution in [0.1, 0.15) is 41.0 Å². The Labute approximate surface area is 129 Å². The molecule has 0 spiro atoms. The summed E-state index contributed by atoms with van der Waals surface area (Å²) in [6.45, 7) is 12.7. The molecule has 2 unspecified atom stereocenters. The Morgan fingerprint density at radius 3 is 2.48 bits per heavy atom. The van der Waals surface area contributed by atoms with Crippen LogP contribution in [0.3, 0.4) is 0 Å². The molecule has 1 amide bonds. The van der Waals surface area contributed by atoms with Gasteiger partial charge in [0, 0.05) is 38.6 Å². The lowest BCUT2D eigenvalue weighted by atomic mass is 9.54. The Hall–Kier alpha value is -0.650. The van der Waals surface area contributed by atoms with Crippen molar-refractivity contribution in [3.8, 4) is 0 Å². The van der Waals surface area contributed by atoms with Gasteiger partial charge in [-0.2, -0.15) is 0 Å². The Morgan fingerprint density at radius 2 is 2.05 bits per heavy atom. The molecule has 0 aromatic rings. The lowest BCUT2D eigenvalue weighted by Gasteiger charge is -2.58. The average Bonchev–Trinajstić information content (AvgIpc) is 2.41. The first-order chi connectivity index (χ1) is 9.70. The summed E-state index contributed by atoms with van der Waals surface area (Å²) in [4.78, 5) is 14.8. The summed E-state index contributed by atoms with van der Waals surface area (Å²) in [5.41, 5.74) is 5.30. The molecule has 5 nitrogen and oxygen atoms in total. The summed E-state index contributed by atoms with van der Waals surface area (Å²) >= 11 is 0. The third-order valence-electron chi connectivity index (χ3n) is 4.65. The fourth-order valence-electron chi connectivity index (χ4n) is 3.00. The van der Waals surface area contributed by atoms with Crippen molar-refractivity contribution >= 4 is 5.91 Å². The van der Waals surface area contributed by atoms with E-state index in [9.17, 15) is 4.79 Å². The predicted octanol–water partition coefficient (Wildman–Crippen LogP) is 1.65. The number of carbonyl (C=O) groups is 1. The summed E-state index contributed by atoms with van der Waals surface area (Å²) in [7, 11) is 1.65. The fraction of sp³-hybridized carbons (Fsp3) is 0.938. The molecule has 1 saturated carbocycles. The van der Waals surface area contributed by atoms with Crippen LogP contribution < -0.4 is 5.73 Å². The van der Waals surface area contributed by atoms with Gasteiger partial charge < -0.3 is 20.1 Å². The molecule has 0 heterocycles. The molecule has 0 aromatic heterocycles. The van der Waals surface area contributed by atoms with E-state index in [0.717, 1.165) is 0 Å². The Balaban J connectivity index is 2.83. The van der Waals surface area contributed by atoms with E-state index in [2.05, 4.69) is 13.8 Å². The van der Waals surface area contributed by atoms with Crippen molar-refractivity contribution < 1.29 is 14.3 Å². The summed E-state index contributed by atoms with van der Waals surface area (Å²) in [6, 6.07) is 0. The predicted molar refractivity (Wildman–Crippen MR) is 84.0 cm³/mol. The van der Waals surface area contributed by atoms with E-state index in [1.165, 1.54) is 0 Å². The molecule has 1 rings (SSSR count). The van der Waals surface area contributed by atoms with E-state index in [-0.39, 0.29) is 17.4 Å². The van der Waals surface area contributed by atoms with Crippen LogP contribution in [0.25, 0.3) is 0 Å². The summed E-state index contributed by atoms with van der Waals surface area (Å²) in [5.74, 6) is 0.425. The minimum absolute atomic E-state index is 0.0224. The number of hydrogen-bond donors (Lipinski definition) is 1. The topological polar surface area (TPSA) is 64.8 Å². The highest BCUT2D eigenvalue weighted by molar-refractivity contribution is 5.89. The highest BCUT2D eigenvalue weighted by Gasteiger charge is 2.63. The van der Waals surface area contributed by atoms with Crippen LogP contribution in [0.4, 0.5) is 0 Å². The lowest BCUT2D eigenvalue weighted by Crippen LogP contribution is -2.76. The van der Waals surface area contributed by atoms with Crippen molar-refractivity contribution in [2.45, 2.75) is 52.7 Å². The van der Waals surface area contributed by atoms with E-state index >= 15 is 0 Å². The van der Waals surface area contributed by atoms with Gasteiger partial charge in [0.25, 0.3) is 0 Å². The first-order valence-electron chi connectivity index (χ1n) is 7.89. The van der Waals surface area contributed by atoms with Crippen LogP contribution in [0.2, 0.25) is 0 Å². The van der Waals surface area contributed by atoms with Gasteiger partial charge in [0.15, 0.2) is 0 Å². The van der Waals surface area contributed by atoms with Gasteiger partial charge in [0.2, 0.25) is 5.91 Å². The quantitative estimate of drug-likeness (QED) is 0.740. The van der Waals surface area contributed by atoms with Crippen LogP contribution in [-0.2, 0) is 14.3 Å². The van der Waals surface area contributed by atoms with E-state index in [4.69, 9.17) is 15.2 Å². The van der Waals surface area contributed by atoms with Crippen molar-refractivity contribution in [2.75, 3.05) is 33.4 Å². The van der Waals surface area contributed by atoms with Crippen molar-refractivity contribution in [3.63, 3.8) is 0 Å². The van der Waals surface area contributed by atoms with Crippen molar-refractivity contribution in [1.82, 2.24) is 4.90 Å². The molecule has 0 aromatic carbocycles. The number of amides is 1. The zero-order chi connectivity index (χ0) is 16.3. The smallest absolute Gasteiger partial charge is 0.243 e. The van der Waals surface area contributed by atoms with Gasteiger partial charge in [-0.15, -0.1) is 0 Å². The van der Waals surface area contributed by atoms with Crippen molar-refractivity contribution in [2.24, 2.45) is 17.1 Å². The molecule has 0 aliphatic heterocycles. The van der Waals surface area contributed by atoms with Gasteiger partial charge in [-0.05, 0) is 12.8 Å². The molecule has 21 heavy (non-hydrogen) atoms. The molecule has 1 aliphatic rings. The Kier molecular flexibility index (Phi) is 6.20. The highest BCUT2D eigenvalue weighted by Crippen LogP contribution is 2.50. The van der Waals surface area contributed by atoms with E-state index < -0.39 is 5.54 Å². The summed E-state index contributed by atoms with van der Waals surface area (Å²) < 4.78 is 10.8. The molecule has 2 atom stereocenters. The minimum atomic E-state index is -0.838. The maximum atomic E-state index is 12.9. The zero-order valence-electron chi connectivity index (χ0n) is 14.4. The van der Waals surface area contributed by atoms with Crippen molar-refractivity contribution in [3.05, 3.63) is 0 Å². The standard InChI is InChI=1S/C16H32N2O3/c1-7-21-13-10-16(17,15(13,4)5)14(19)18(8-9-20-6)11-12(2)3/h12-13H,7-11,17H2,1-6H3. The average molecular weight is 300 g/mol. The monoisotopic (exact) mass is 300 g/mol. The van der Waals surface area contributed by atoms with Crippen LogP contribution in [0, 0.1) is 11.3 Å². The van der Waals surface area contributed by atoms with E-state index in [0.29, 0.717) is 38.6 Å². The lowest BCUT2D eigenvalue weighted by molar-refractivity contribution is -0.180. The number of hydrogen-bond acceptors (Lipinski definition) is 4. The first kappa shape index (κ1) is 18.4. The second-order valence-corrected chi connectivity index (χ2v) is 6.98. The van der Waals surface area contributed by atoms with Crippen molar-refractivity contribution in [1.29, 1.82) is 0 Å². The zero-order valence-corrected chi connectivity index (χ0v) is 14.4. The van der Waals surface area contributed by atoms with Gasteiger partial charge in [0.05, 0.1) is 12.7 Å². The number of nitrogens with zero attached hydrogens (tertiary/aromatic N) is 1. The van der Waals surface area contributed by atoms with Crippen LogP contribution in [0.5, 0.6) is 0 Å². The highest BCUT2D eigenvalue weighted by atomic mass is 16.5. The molecule has 5 heteroatoms. The molecule has 0 radical (unpaired) electrons. The number of rotatable bonds is 8. The van der Waals surface area contributed by atoms with Gasteiger partial charge in [0.1, 0.15) is 5.54 Å². The second-order valence-electron chi connectivity index (χ2n) is 6.98. The third-order valence-corrected chi connectivity index (χ3v) is 4.65. The molecular weight excluding hydrogens is 268 g/mol. The number of methoxy groups -OCH3 is 1. The van der Waals surface area contributed by atoms with Gasteiger partial charge in [-0.25, -0.2) is 0 Å². The third kappa shape index (κ3) is 3.58. The molecule has 2 N–H and O–H groups in total. The summed E-state index contributed by atoms with van der Waals surface area (Å²) in [6.07, 6.45) is 0.647. The van der Waals surface area contributed by atoms with Crippen LogP contribution in [0.15, 0.2) is 0 Å². The summed E-state index contributed by atoms with van der Waals surface area (Å²) in [5, 5.41) is 0.